The largest absolute Gasteiger partial charge is 0.381 e. The lowest BCUT2D eigenvalue weighted by atomic mass is 10.1. The molecule has 0 unspecified atom stereocenters. The van der Waals surface area contributed by atoms with Crippen LogP contribution in [-0.4, -0.2) is 24.8 Å². The molecule has 0 spiro atoms. The van der Waals surface area contributed by atoms with Gasteiger partial charge in [-0.3, -0.25) is 4.68 Å². The molecule has 0 aliphatic carbocycles. The van der Waals surface area contributed by atoms with E-state index in [9.17, 15) is 0 Å². The maximum atomic E-state index is 5.89. The Bertz CT molecular complexity index is 752. The molecule has 0 aliphatic heterocycles. The summed E-state index contributed by atoms with van der Waals surface area (Å²) < 4.78 is 3.73. The van der Waals surface area contributed by atoms with Crippen molar-refractivity contribution in [2.75, 3.05) is 5.73 Å². The van der Waals surface area contributed by atoms with Gasteiger partial charge < -0.3 is 5.73 Å². The molecule has 1 aromatic carbocycles. The van der Waals surface area contributed by atoms with Crippen LogP contribution < -0.4 is 5.73 Å². The number of para-hydroxylation sites is 1. The Balaban J connectivity index is 2.06. The van der Waals surface area contributed by atoms with Crippen LogP contribution in [-0.2, 0) is 13.6 Å². The number of fused-ring (bicyclic) bond motifs is 1. The summed E-state index contributed by atoms with van der Waals surface area (Å²) in [6.07, 6.45) is 0. The van der Waals surface area contributed by atoms with E-state index in [4.69, 9.17) is 5.73 Å². The number of hydrogen-bond acceptors (Lipinski definition) is 4. The molecule has 104 valence electrons. The van der Waals surface area contributed by atoms with Crippen LogP contribution in [0.25, 0.3) is 10.9 Å². The van der Waals surface area contributed by atoms with Gasteiger partial charge in [0, 0.05) is 12.4 Å². The van der Waals surface area contributed by atoms with E-state index in [0.29, 0.717) is 12.4 Å². The van der Waals surface area contributed by atoms with Crippen molar-refractivity contribution >= 4 is 16.7 Å². The van der Waals surface area contributed by atoms with Crippen LogP contribution >= 0.6 is 0 Å². The standard InChI is InChI=1S/C14H18N6/c1-9(2)13-14(15)16-18-20(13)8-11-10-6-4-5-7-12(10)19(3)17-11/h4-7,9H,8,15H2,1-3H3. The molecule has 0 fully saturated rings. The van der Waals surface area contributed by atoms with Crippen molar-refractivity contribution in [2.24, 2.45) is 7.05 Å². The number of benzene rings is 1. The van der Waals surface area contributed by atoms with Crippen LogP contribution in [0.15, 0.2) is 24.3 Å². The highest BCUT2D eigenvalue weighted by atomic mass is 15.4. The predicted molar refractivity (Wildman–Crippen MR) is 78.3 cm³/mol. The average Bonchev–Trinajstić information content (AvgIpc) is 2.93. The fraction of sp³-hybridized carbons (Fsp3) is 0.357. The number of rotatable bonds is 3. The lowest BCUT2D eigenvalue weighted by Crippen LogP contribution is -2.09. The van der Waals surface area contributed by atoms with Gasteiger partial charge in [-0.2, -0.15) is 5.10 Å². The lowest BCUT2D eigenvalue weighted by Gasteiger charge is -2.08. The van der Waals surface area contributed by atoms with Crippen molar-refractivity contribution in [3.63, 3.8) is 0 Å². The fourth-order valence-corrected chi connectivity index (χ4v) is 2.59. The number of aromatic nitrogens is 5. The van der Waals surface area contributed by atoms with Crippen LogP contribution in [0, 0.1) is 0 Å². The smallest absolute Gasteiger partial charge is 0.169 e. The third-order valence-corrected chi connectivity index (χ3v) is 3.48. The lowest BCUT2D eigenvalue weighted by molar-refractivity contribution is 0.584. The Morgan fingerprint density at radius 2 is 2.00 bits per heavy atom. The molecule has 0 bridgehead atoms. The molecule has 0 radical (unpaired) electrons. The first-order valence-corrected chi connectivity index (χ1v) is 6.67. The third-order valence-electron chi connectivity index (χ3n) is 3.48. The SMILES string of the molecule is CC(C)c1c(N)nnn1Cc1nn(C)c2ccccc12. The highest BCUT2D eigenvalue weighted by Gasteiger charge is 2.16. The van der Waals surface area contributed by atoms with Gasteiger partial charge in [-0.1, -0.05) is 37.3 Å². The minimum atomic E-state index is 0.278. The van der Waals surface area contributed by atoms with Gasteiger partial charge in [-0.25, -0.2) is 4.68 Å². The minimum Gasteiger partial charge on any atom is -0.381 e. The number of hydrogen-bond donors (Lipinski definition) is 1. The Morgan fingerprint density at radius 3 is 2.75 bits per heavy atom. The summed E-state index contributed by atoms with van der Waals surface area (Å²) in [4.78, 5) is 0. The van der Waals surface area contributed by atoms with E-state index < -0.39 is 0 Å². The average molecular weight is 270 g/mol. The summed E-state index contributed by atoms with van der Waals surface area (Å²) in [6.45, 7) is 4.75. The van der Waals surface area contributed by atoms with Crippen LogP contribution in [0.4, 0.5) is 5.82 Å². The highest BCUT2D eigenvalue weighted by molar-refractivity contribution is 5.81. The molecule has 2 N–H and O–H groups in total. The van der Waals surface area contributed by atoms with Gasteiger partial charge >= 0.3 is 0 Å². The van der Waals surface area contributed by atoms with Gasteiger partial charge in [0.05, 0.1) is 23.4 Å². The highest BCUT2D eigenvalue weighted by Crippen LogP contribution is 2.22. The number of nitrogens with zero attached hydrogens (tertiary/aromatic N) is 5. The van der Waals surface area contributed by atoms with Crippen molar-refractivity contribution < 1.29 is 0 Å². The molecule has 0 aliphatic rings. The van der Waals surface area contributed by atoms with Crippen molar-refractivity contribution in [3.8, 4) is 0 Å². The zero-order chi connectivity index (χ0) is 14.3. The molecule has 2 heterocycles. The first-order valence-electron chi connectivity index (χ1n) is 6.67. The quantitative estimate of drug-likeness (QED) is 0.789. The molecule has 0 atom stereocenters. The first-order chi connectivity index (χ1) is 9.58. The molecule has 2 aromatic heterocycles. The molecule has 20 heavy (non-hydrogen) atoms. The van der Waals surface area contributed by atoms with E-state index in [1.165, 1.54) is 0 Å². The van der Waals surface area contributed by atoms with Gasteiger partial charge in [-0.15, -0.1) is 5.10 Å². The second-order valence-corrected chi connectivity index (χ2v) is 5.26. The summed E-state index contributed by atoms with van der Waals surface area (Å²) in [7, 11) is 1.95. The summed E-state index contributed by atoms with van der Waals surface area (Å²) >= 11 is 0. The summed E-state index contributed by atoms with van der Waals surface area (Å²) in [6, 6.07) is 8.17. The zero-order valence-electron chi connectivity index (χ0n) is 11.9. The van der Waals surface area contributed by atoms with Crippen LogP contribution in [0.5, 0.6) is 0 Å². The van der Waals surface area contributed by atoms with Crippen LogP contribution in [0.3, 0.4) is 0 Å². The Kier molecular flexibility index (Phi) is 2.93. The Labute approximate surface area is 117 Å². The zero-order valence-corrected chi connectivity index (χ0v) is 11.9. The summed E-state index contributed by atoms with van der Waals surface area (Å²) in [5.74, 6) is 0.778. The number of anilines is 1. The molecular formula is C14H18N6. The number of aryl methyl sites for hydroxylation is 1. The van der Waals surface area contributed by atoms with Crippen LogP contribution in [0.2, 0.25) is 0 Å². The molecule has 3 rings (SSSR count). The van der Waals surface area contributed by atoms with Gasteiger partial charge in [0.25, 0.3) is 0 Å². The third kappa shape index (κ3) is 1.93. The van der Waals surface area contributed by atoms with E-state index >= 15 is 0 Å². The first kappa shape index (κ1) is 12.7. The second kappa shape index (κ2) is 4.63. The molecule has 0 saturated heterocycles. The normalized spacial score (nSPS) is 11.6. The van der Waals surface area contributed by atoms with Crippen molar-refractivity contribution in [2.45, 2.75) is 26.3 Å². The topological polar surface area (TPSA) is 74.6 Å². The van der Waals surface area contributed by atoms with Gasteiger partial charge in [-0.05, 0) is 12.0 Å². The maximum Gasteiger partial charge on any atom is 0.169 e. The van der Waals surface area contributed by atoms with Crippen molar-refractivity contribution in [1.82, 2.24) is 24.8 Å². The Morgan fingerprint density at radius 1 is 1.25 bits per heavy atom. The number of nitrogens with two attached hydrogens (primary N) is 1. The molecule has 6 heteroatoms. The van der Waals surface area contributed by atoms with E-state index in [2.05, 4.69) is 41.4 Å². The van der Waals surface area contributed by atoms with E-state index in [-0.39, 0.29) is 5.92 Å². The number of nitrogen functional groups attached to an aromatic ring is 1. The predicted octanol–water partition coefficient (Wildman–Crippen LogP) is 1.92. The monoisotopic (exact) mass is 270 g/mol. The van der Waals surface area contributed by atoms with Gasteiger partial charge in [0.15, 0.2) is 5.82 Å². The summed E-state index contributed by atoms with van der Waals surface area (Å²) in [5, 5.41) is 13.8. The molecule has 0 saturated carbocycles. The van der Waals surface area contributed by atoms with Gasteiger partial charge in [0.1, 0.15) is 0 Å². The van der Waals surface area contributed by atoms with E-state index in [1.807, 2.05) is 28.5 Å². The van der Waals surface area contributed by atoms with Crippen molar-refractivity contribution in [1.29, 1.82) is 0 Å². The molecule has 3 aromatic rings. The second-order valence-electron chi connectivity index (χ2n) is 5.26. The fourth-order valence-electron chi connectivity index (χ4n) is 2.59. The van der Waals surface area contributed by atoms with E-state index in [1.54, 1.807) is 0 Å². The van der Waals surface area contributed by atoms with E-state index in [0.717, 1.165) is 22.3 Å². The molecule has 0 amide bonds. The van der Waals surface area contributed by atoms with Crippen molar-refractivity contribution in [3.05, 3.63) is 35.7 Å². The molecular weight excluding hydrogens is 252 g/mol. The molecule has 6 nitrogen and oxygen atoms in total. The van der Waals surface area contributed by atoms with Gasteiger partial charge in [0.2, 0.25) is 0 Å². The minimum absolute atomic E-state index is 0.278. The summed E-state index contributed by atoms with van der Waals surface area (Å²) in [5.41, 5.74) is 8.95. The van der Waals surface area contributed by atoms with Crippen LogP contribution in [0.1, 0.15) is 31.2 Å². The Hall–Kier alpha value is -2.37. The maximum absolute atomic E-state index is 5.89.